The zero-order valence-corrected chi connectivity index (χ0v) is 6.89. The predicted octanol–water partition coefficient (Wildman–Crippen LogP) is 1.08. The lowest BCUT2D eigenvalue weighted by atomic mass is 10.6. The van der Waals surface area contributed by atoms with E-state index in [0.29, 0.717) is 6.54 Å². The molecule has 0 saturated heterocycles. The monoisotopic (exact) mass is 205 g/mol. The summed E-state index contributed by atoms with van der Waals surface area (Å²) in [6.45, 7) is 4.08. The molecule has 3 nitrogen and oxygen atoms in total. The van der Waals surface area contributed by atoms with Gasteiger partial charge in [0.1, 0.15) is 0 Å². The van der Waals surface area contributed by atoms with Crippen LogP contribution in [0.1, 0.15) is 0 Å². The van der Waals surface area contributed by atoms with Crippen molar-refractivity contribution >= 4 is 21.9 Å². The van der Waals surface area contributed by atoms with E-state index >= 15 is 0 Å². The van der Waals surface area contributed by atoms with Crippen molar-refractivity contribution in [3.8, 4) is 0 Å². The third-order valence-corrected chi connectivity index (χ3v) is 0.918. The van der Waals surface area contributed by atoms with E-state index < -0.39 is 5.97 Å². The molecule has 56 valence electrons. The summed E-state index contributed by atoms with van der Waals surface area (Å²) in [6, 6.07) is 0. The number of halogens is 1. The number of rotatable bonds is 4. The van der Waals surface area contributed by atoms with Gasteiger partial charge in [-0.1, -0.05) is 22.5 Å². The number of hydrogen-bond acceptors (Lipinski definition) is 2. The van der Waals surface area contributed by atoms with Crippen LogP contribution < -0.4 is 5.32 Å². The lowest BCUT2D eigenvalue weighted by molar-refractivity contribution is -0.131. The van der Waals surface area contributed by atoms with Gasteiger partial charge in [0, 0.05) is 23.3 Å². The Morgan fingerprint density at radius 2 is 2.40 bits per heavy atom. The zero-order chi connectivity index (χ0) is 7.98. The van der Waals surface area contributed by atoms with Crippen LogP contribution in [-0.2, 0) is 4.79 Å². The van der Waals surface area contributed by atoms with E-state index in [2.05, 4.69) is 27.8 Å². The lowest BCUT2D eigenvalue weighted by Gasteiger charge is -1.94. The third-order valence-electron chi connectivity index (χ3n) is 0.638. The van der Waals surface area contributed by atoms with Crippen LogP contribution in [0.3, 0.4) is 0 Å². The number of carbonyl (C=O) groups is 1. The maximum atomic E-state index is 9.88. The number of carboxylic acids is 1. The summed E-state index contributed by atoms with van der Waals surface area (Å²) >= 11 is 3.10. The normalized spacial score (nSPS) is 9.70. The molecule has 10 heavy (non-hydrogen) atoms. The molecule has 0 aliphatic rings. The molecule has 0 atom stereocenters. The molecule has 0 aromatic carbocycles. The summed E-state index contributed by atoms with van der Waals surface area (Å²) in [4.78, 5) is 9.88. The minimum atomic E-state index is -0.965. The van der Waals surface area contributed by atoms with Crippen molar-refractivity contribution in [2.75, 3.05) is 6.54 Å². The molecule has 0 aromatic rings. The molecule has 2 N–H and O–H groups in total. The van der Waals surface area contributed by atoms with Crippen molar-refractivity contribution in [1.29, 1.82) is 0 Å². The molecule has 0 spiro atoms. The largest absolute Gasteiger partial charge is 0.478 e. The van der Waals surface area contributed by atoms with Crippen LogP contribution >= 0.6 is 15.9 Å². The van der Waals surface area contributed by atoms with Gasteiger partial charge in [0.05, 0.1) is 0 Å². The zero-order valence-electron chi connectivity index (χ0n) is 5.30. The van der Waals surface area contributed by atoms with Crippen LogP contribution in [0, 0.1) is 0 Å². The van der Waals surface area contributed by atoms with Crippen LogP contribution in [0.5, 0.6) is 0 Å². The molecule has 0 radical (unpaired) electrons. The first-order valence-corrected chi connectivity index (χ1v) is 3.38. The van der Waals surface area contributed by atoms with Gasteiger partial charge in [-0.2, -0.15) is 0 Å². The second kappa shape index (κ2) is 5.05. The summed E-state index contributed by atoms with van der Waals surface area (Å²) in [6.07, 6.45) is 2.38. The number of hydrogen-bond donors (Lipinski definition) is 2. The number of nitrogens with one attached hydrogen (secondary N) is 1. The maximum absolute atomic E-state index is 9.88. The summed E-state index contributed by atoms with van der Waals surface area (Å²) in [5.41, 5.74) is 0. The van der Waals surface area contributed by atoms with Crippen LogP contribution in [0.4, 0.5) is 0 Å². The van der Waals surface area contributed by atoms with Crippen molar-refractivity contribution in [3.05, 3.63) is 23.3 Å². The Morgan fingerprint density at radius 1 is 1.80 bits per heavy atom. The van der Waals surface area contributed by atoms with E-state index in [1.807, 2.05) is 0 Å². The molecule has 0 saturated carbocycles. The Kier molecular flexibility index (Phi) is 4.66. The van der Waals surface area contributed by atoms with Gasteiger partial charge in [0.15, 0.2) is 0 Å². The molecule has 0 heterocycles. The first-order chi connectivity index (χ1) is 4.63. The molecule has 0 bridgehead atoms. The first-order valence-electron chi connectivity index (χ1n) is 2.59. The highest BCUT2D eigenvalue weighted by molar-refractivity contribution is 9.11. The Hall–Kier alpha value is -0.770. The molecule has 0 aliphatic heterocycles. The molecule has 0 amide bonds. The van der Waals surface area contributed by atoms with Gasteiger partial charge in [0.25, 0.3) is 0 Å². The van der Waals surface area contributed by atoms with Crippen molar-refractivity contribution in [3.63, 3.8) is 0 Å². The molecule has 0 aliphatic carbocycles. The minimum absolute atomic E-state index is 0.532. The van der Waals surface area contributed by atoms with Gasteiger partial charge in [0.2, 0.25) is 0 Å². The first kappa shape index (κ1) is 9.23. The Balaban J connectivity index is 3.36. The van der Waals surface area contributed by atoms with Crippen molar-refractivity contribution in [1.82, 2.24) is 5.32 Å². The van der Waals surface area contributed by atoms with Crippen LogP contribution in [0.2, 0.25) is 0 Å². The second-order valence-corrected chi connectivity index (χ2v) is 2.69. The van der Waals surface area contributed by atoms with Gasteiger partial charge in [-0.25, -0.2) is 4.79 Å². The molecule has 0 aromatic heterocycles. The van der Waals surface area contributed by atoms with Crippen molar-refractivity contribution < 1.29 is 9.90 Å². The van der Waals surface area contributed by atoms with Gasteiger partial charge in [-0.15, -0.1) is 0 Å². The molecule has 0 unspecified atom stereocenters. The van der Waals surface area contributed by atoms with Gasteiger partial charge < -0.3 is 10.4 Å². The van der Waals surface area contributed by atoms with Crippen molar-refractivity contribution in [2.24, 2.45) is 0 Å². The Labute approximate surface area is 67.6 Å². The highest BCUT2D eigenvalue weighted by Gasteiger charge is 1.84. The third kappa shape index (κ3) is 7.23. The highest BCUT2D eigenvalue weighted by atomic mass is 79.9. The Bertz CT molecular complexity index is 165. The smallest absolute Gasteiger partial charge is 0.329 e. The highest BCUT2D eigenvalue weighted by Crippen LogP contribution is 1.95. The SMILES string of the molecule is C=C(Br)CN/C=C/C(=O)O. The lowest BCUT2D eigenvalue weighted by Crippen LogP contribution is -2.06. The molecular formula is C6H8BrNO2. The fraction of sp³-hybridized carbons (Fsp3) is 0.167. The number of aliphatic carboxylic acids is 1. The summed E-state index contributed by atoms with van der Waals surface area (Å²) in [5.74, 6) is -0.965. The van der Waals surface area contributed by atoms with Crippen LogP contribution in [-0.4, -0.2) is 17.6 Å². The quantitative estimate of drug-likeness (QED) is 0.676. The van der Waals surface area contributed by atoms with E-state index in [1.54, 1.807) is 0 Å². The van der Waals surface area contributed by atoms with E-state index in [0.717, 1.165) is 10.6 Å². The Morgan fingerprint density at radius 3 is 2.80 bits per heavy atom. The average Bonchev–Trinajstić information content (AvgIpc) is 1.79. The van der Waals surface area contributed by atoms with E-state index in [-0.39, 0.29) is 0 Å². The van der Waals surface area contributed by atoms with E-state index in [9.17, 15) is 4.79 Å². The minimum Gasteiger partial charge on any atom is -0.478 e. The average molecular weight is 206 g/mol. The maximum Gasteiger partial charge on any atom is 0.329 e. The topological polar surface area (TPSA) is 49.3 Å². The molecule has 4 heteroatoms. The molecule has 0 rings (SSSR count). The summed E-state index contributed by atoms with van der Waals surface area (Å²) < 4.78 is 0.780. The summed E-state index contributed by atoms with van der Waals surface area (Å²) in [5, 5.41) is 10.8. The molecular weight excluding hydrogens is 198 g/mol. The molecule has 0 fully saturated rings. The summed E-state index contributed by atoms with van der Waals surface area (Å²) in [7, 11) is 0. The second-order valence-electron chi connectivity index (χ2n) is 1.57. The van der Waals surface area contributed by atoms with Gasteiger partial charge in [-0.05, 0) is 0 Å². The van der Waals surface area contributed by atoms with Crippen LogP contribution in [0.25, 0.3) is 0 Å². The fourth-order valence-electron chi connectivity index (χ4n) is 0.300. The van der Waals surface area contributed by atoms with Crippen molar-refractivity contribution in [2.45, 2.75) is 0 Å². The fourth-order valence-corrected chi connectivity index (χ4v) is 0.462. The van der Waals surface area contributed by atoms with Gasteiger partial charge >= 0.3 is 5.97 Å². The van der Waals surface area contributed by atoms with E-state index in [1.165, 1.54) is 6.20 Å². The van der Waals surface area contributed by atoms with Crippen LogP contribution in [0.15, 0.2) is 23.3 Å². The van der Waals surface area contributed by atoms with E-state index in [4.69, 9.17) is 5.11 Å². The van der Waals surface area contributed by atoms with Gasteiger partial charge in [-0.3, -0.25) is 0 Å². The predicted molar refractivity (Wildman–Crippen MR) is 42.8 cm³/mol. The number of carboxylic acid groups (broad SMARTS) is 1. The standard InChI is InChI=1S/C6H8BrNO2/c1-5(7)4-8-3-2-6(9)10/h2-3,8H,1,4H2,(H,9,10)/b3-2+.